The lowest BCUT2D eigenvalue weighted by Crippen LogP contribution is -2.27. The molecule has 0 aliphatic heterocycles. The van der Waals surface area contributed by atoms with Crippen LogP contribution in [0.25, 0.3) is 0 Å². The molecule has 0 amide bonds. The Kier molecular flexibility index (Phi) is 7.57. The van der Waals surface area contributed by atoms with Gasteiger partial charge >= 0.3 is 0 Å². The normalized spacial score (nSPS) is 30.4. The SMILES string of the molecule is CC=CC(I)C1CCC(C2CCC(c3ccc(OC)c(F)c3F)CC2)CC1. The zero-order valence-electron chi connectivity index (χ0n) is 16.4. The third-order valence-corrected chi connectivity index (χ3v) is 8.25. The van der Waals surface area contributed by atoms with Crippen molar-refractivity contribution in [2.24, 2.45) is 17.8 Å². The van der Waals surface area contributed by atoms with E-state index in [9.17, 15) is 8.78 Å². The minimum absolute atomic E-state index is 0.00631. The summed E-state index contributed by atoms with van der Waals surface area (Å²) in [4.78, 5) is 0. The molecule has 1 unspecified atom stereocenters. The Morgan fingerprint density at radius 2 is 1.56 bits per heavy atom. The predicted octanol–water partition coefficient (Wildman–Crippen LogP) is 7.43. The van der Waals surface area contributed by atoms with Gasteiger partial charge in [-0.25, -0.2) is 4.39 Å². The van der Waals surface area contributed by atoms with Crippen molar-refractivity contribution in [2.75, 3.05) is 7.11 Å². The van der Waals surface area contributed by atoms with Crippen molar-refractivity contribution in [1.82, 2.24) is 0 Å². The Bertz CT molecular complexity index is 644. The third-order valence-electron chi connectivity index (χ3n) is 6.82. The smallest absolute Gasteiger partial charge is 0.200 e. The summed E-state index contributed by atoms with van der Waals surface area (Å²) in [6.07, 6.45) is 14.1. The predicted molar refractivity (Wildman–Crippen MR) is 116 cm³/mol. The van der Waals surface area contributed by atoms with Crippen molar-refractivity contribution in [3.8, 4) is 5.75 Å². The van der Waals surface area contributed by atoms with Gasteiger partial charge < -0.3 is 4.74 Å². The van der Waals surface area contributed by atoms with Gasteiger partial charge in [0.25, 0.3) is 0 Å². The first-order valence-corrected chi connectivity index (χ1v) is 11.6. The van der Waals surface area contributed by atoms with Crippen LogP contribution >= 0.6 is 22.6 Å². The molecule has 1 nitrogen and oxygen atoms in total. The van der Waals surface area contributed by atoms with Crippen molar-refractivity contribution in [3.05, 3.63) is 41.5 Å². The van der Waals surface area contributed by atoms with Gasteiger partial charge in [-0.3, -0.25) is 0 Å². The molecule has 2 aliphatic rings. The molecule has 2 saturated carbocycles. The molecule has 2 fully saturated rings. The van der Waals surface area contributed by atoms with E-state index in [0.29, 0.717) is 9.49 Å². The molecule has 0 radical (unpaired) electrons. The van der Waals surface area contributed by atoms with Crippen molar-refractivity contribution in [1.29, 1.82) is 0 Å². The Morgan fingerprint density at radius 3 is 2.11 bits per heavy atom. The first kappa shape index (κ1) is 21.1. The second-order valence-electron chi connectivity index (χ2n) is 8.24. The van der Waals surface area contributed by atoms with Crippen LogP contribution in [0.15, 0.2) is 24.3 Å². The molecular formula is C23H31F2IO. The summed E-state index contributed by atoms with van der Waals surface area (Å²) in [5.74, 6) is 1.00. The minimum Gasteiger partial charge on any atom is -0.494 e. The van der Waals surface area contributed by atoms with Crippen LogP contribution in [-0.4, -0.2) is 11.0 Å². The monoisotopic (exact) mass is 488 g/mol. The molecule has 2 aliphatic carbocycles. The van der Waals surface area contributed by atoms with E-state index in [4.69, 9.17) is 4.74 Å². The molecule has 1 aromatic carbocycles. The first-order chi connectivity index (χ1) is 13.0. The van der Waals surface area contributed by atoms with Crippen molar-refractivity contribution >= 4 is 22.6 Å². The molecule has 0 aromatic heterocycles. The topological polar surface area (TPSA) is 9.23 Å². The van der Waals surface area contributed by atoms with E-state index in [1.807, 2.05) is 0 Å². The Morgan fingerprint density at radius 1 is 0.963 bits per heavy atom. The second-order valence-corrected chi connectivity index (χ2v) is 9.68. The molecule has 0 spiro atoms. The molecule has 27 heavy (non-hydrogen) atoms. The van der Waals surface area contributed by atoms with Crippen LogP contribution in [0.2, 0.25) is 0 Å². The summed E-state index contributed by atoms with van der Waals surface area (Å²) in [6, 6.07) is 3.28. The highest BCUT2D eigenvalue weighted by atomic mass is 127. The summed E-state index contributed by atoms with van der Waals surface area (Å²) in [5, 5.41) is 0. The van der Waals surface area contributed by atoms with Crippen LogP contribution in [-0.2, 0) is 0 Å². The molecule has 3 rings (SSSR count). The molecule has 1 atom stereocenters. The number of hydrogen-bond acceptors (Lipinski definition) is 1. The van der Waals surface area contributed by atoms with Crippen molar-refractivity contribution in [2.45, 2.75) is 68.1 Å². The number of allylic oxidation sites excluding steroid dienone is 2. The molecule has 150 valence electrons. The number of halogens is 3. The summed E-state index contributed by atoms with van der Waals surface area (Å²) >= 11 is 2.58. The molecule has 0 N–H and O–H groups in total. The van der Waals surface area contributed by atoms with Crippen LogP contribution in [0.5, 0.6) is 5.75 Å². The highest BCUT2D eigenvalue weighted by Gasteiger charge is 2.33. The fourth-order valence-electron chi connectivity index (χ4n) is 5.20. The standard InChI is InChI=1S/C23H31F2IO/c1-3-4-20(26)18-11-7-16(8-12-18)15-5-9-17(10-6-15)19-13-14-21(27-2)23(25)22(19)24/h3-4,13-18,20H,5-12H2,1-2H3. The van der Waals surface area contributed by atoms with E-state index in [-0.39, 0.29) is 11.7 Å². The van der Waals surface area contributed by atoms with Gasteiger partial charge in [0, 0.05) is 3.92 Å². The maximum absolute atomic E-state index is 14.4. The zero-order valence-corrected chi connectivity index (χ0v) is 18.6. The lowest BCUT2D eigenvalue weighted by Gasteiger charge is -2.38. The number of hydrogen-bond donors (Lipinski definition) is 0. The van der Waals surface area contributed by atoms with Crippen LogP contribution in [0, 0.1) is 29.4 Å². The molecule has 0 heterocycles. The number of methoxy groups -OCH3 is 1. The molecule has 0 bridgehead atoms. The zero-order chi connectivity index (χ0) is 19.4. The van der Waals surface area contributed by atoms with Gasteiger partial charge in [-0.15, -0.1) is 0 Å². The fourth-order valence-corrected chi connectivity index (χ4v) is 6.33. The summed E-state index contributed by atoms with van der Waals surface area (Å²) < 4.78 is 34.0. The van der Waals surface area contributed by atoms with Crippen LogP contribution < -0.4 is 4.74 Å². The molecular weight excluding hydrogens is 457 g/mol. The summed E-state index contributed by atoms with van der Waals surface area (Å²) in [6.45, 7) is 2.10. The highest BCUT2D eigenvalue weighted by Crippen LogP contribution is 2.45. The van der Waals surface area contributed by atoms with Gasteiger partial charge in [-0.2, -0.15) is 4.39 Å². The lowest BCUT2D eigenvalue weighted by molar-refractivity contribution is 0.162. The second kappa shape index (κ2) is 9.71. The number of alkyl halides is 1. The highest BCUT2D eigenvalue weighted by molar-refractivity contribution is 14.1. The van der Waals surface area contributed by atoms with Crippen molar-refractivity contribution < 1.29 is 13.5 Å². The third kappa shape index (κ3) is 4.86. The van der Waals surface area contributed by atoms with E-state index >= 15 is 0 Å². The van der Waals surface area contributed by atoms with Gasteiger partial charge in [-0.05, 0) is 93.6 Å². The van der Waals surface area contributed by atoms with Gasteiger partial charge in [-0.1, -0.05) is 40.8 Å². The number of rotatable bonds is 5. The van der Waals surface area contributed by atoms with Gasteiger partial charge in [0.05, 0.1) is 7.11 Å². The maximum Gasteiger partial charge on any atom is 0.200 e. The van der Waals surface area contributed by atoms with Gasteiger partial charge in [0.1, 0.15) is 0 Å². The minimum atomic E-state index is -0.843. The molecule has 4 heteroatoms. The van der Waals surface area contributed by atoms with Crippen LogP contribution in [0.4, 0.5) is 8.78 Å². The Labute approximate surface area is 176 Å². The Hall–Kier alpha value is -0.650. The van der Waals surface area contributed by atoms with E-state index in [2.05, 4.69) is 41.7 Å². The fraction of sp³-hybridized carbons (Fsp3) is 0.652. The van der Waals surface area contributed by atoms with Gasteiger partial charge in [0.2, 0.25) is 5.82 Å². The van der Waals surface area contributed by atoms with E-state index in [0.717, 1.165) is 43.4 Å². The molecule has 0 saturated heterocycles. The van der Waals surface area contributed by atoms with E-state index in [1.54, 1.807) is 12.1 Å². The summed E-state index contributed by atoms with van der Waals surface area (Å²) in [7, 11) is 1.37. The summed E-state index contributed by atoms with van der Waals surface area (Å²) in [5.41, 5.74) is 0.537. The van der Waals surface area contributed by atoms with E-state index < -0.39 is 11.6 Å². The maximum atomic E-state index is 14.4. The van der Waals surface area contributed by atoms with E-state index in [1.165, 1.54) is 32.8 Å². The largest absolute Gasteiger partial charge is 0.494 e. The van der Waals surface area contributed by atoms with Crippen LogP contribution in [0.1, 0.15) is 69.8 Å². The van der Waals surface area contributed by atoms with Crippen LogP contribution in [0.3, 0.4) is 0 Å². The first-order valence-electron chi connectivity index (χ1n) is 10.3. The average Bonchev–Trinajstić information content (AvgIpc) is 2.70. The van der Waals surface area contributed by atoms with Crippen molar-refractivity contribution in [3.63, 3.8) is 0 Å². The van der Waals surface area contributed by atoms with Gasteiger partial charge in [0.15, 0.2) is 11.6 Å². The lowest BCUT2D eigenvalue weighted by atomic mass is 9.68. The number of benzene rings is 1. The quantitative estimate of drug-likeness (QED) is 0.238. The molecule has 1 aromatic rings. The average molecular weight is 488 g/mol. The Balaban J connectivity index is 1.53. The number of ether oxygens (including phenoxy) is 1.